The van der Waals surface area contributed by atoms with Crippen LogP contribution in [0.1, 0.15) is 43.0 Å². The van der Waals surface area contributed by atoms with Crippen molar-refractivity contribution in [2.45, 2.75) is 50.9 Å². The first-order chi connectivity index (χ1) is 11.1. The Hall–Kier alpha value is -2.12. The number of anilines is 1. The SMILES string of the molecule is CCC1CC(NC(=O)c2ccc(NC(=O)NC3CC3)cc2)NN1. The maximum Gasteiger partial charge on any atom is 0.319 e. The molecule has 1 aromatic carbocycles. The number of benzene rings is 1. The zero-order chi connectivity index (χ0) is 16.2. The van der Waals surface area contributed by atoms with E-state index in [1.807, 2.05) is 0 Å². The van der Waals surface area contributed by atoms with Gasteiger partial charge in [0.05, 0.1) is 6.17 Å². The van der Waals surface area contributed by atoms with Gasteiger partial charge in [-0.1, -0.05) is 6.92 Å². The molecule has 0 aromatic heterocycles. The Kier molecular flexibility index (Phi) is 4.78. The lowest BCUT2D eigenvalue weighted by Crippen LogP contribution is -2.44. The highest BCUT2D eigenvalue weighted by atomic mass is 16.2. The summed E-state index contributed by atoms with van der Waals surface area (Å²) >= 11 is 0. The molecule has 2 fully saturated rings. The molecule has 0 radical (unpaired) electrons. The van der Waals surface area contributed by atoms with Crippen LogP contribution in [0.5, 0.6) is 0 Å². The Labute approximate surface area is 135 Å². The van der Waals surface area contributed by atoms with Crippen LogP contribution < -0.4 is 26.8 Å². The van der Waals surface area contributed by atoms with Crippen molar-refractivity contribution in [1.82, 2.24) is 21.5 Å². The minimum atomic E-state index is -0.198. The van der Waals surface area contributed by atoms with E-state index in [2.05, 4.69) is 33.7 Å². The minimum absolute atomic E-state index is 0.0606. The molecule has 2 atom stereocenters. The van der Waals surface area contributed by atoms with Gasteiger partial charge in [-0.2, -0.15) is 0 Å². The molecule has 7 heteroatoms. The summed E-state index contributed by atoms with van der Waals surface area (Å²) in [6, 6.07) is 7.39. The number of carbonyl (C=O) groups is 2. The Balaban J connectivity index is 1.49. The molecule has 23 heavy (non-hydrogen) atoms. The van der Waals surface area contributed by atoms with Gasteiger partial charge in [-0.25, -0.2) is 10.2 Å². The predicted molar refractivity (Wildman–Crippen MR) is 87.8 cm³/mol. The van der Waals surface area contributed by atoms with Crippen molar-refractivity contribution in [2.24, 2.45) is 0 Å². The summed E-state index contributed by atoms with van der Waals surface area (Å²) in [4.78, 5) is 23.9. The van der Waals surface area contributed by atoms with E-state index in [-0.39, 0.29) is 18.1 Å². The van der Waals surface area contributed by atoms with Crippen LogP contribution in [0.4, 0.5) is 10.5 Å². The molecule has 1 aliphatic carbocycles. The molecule has 2 aliphatic rings. The van der Waals surface area contributed by atoms with Gasteiger partial charge < -0.3 is 16.0 Å². The van der Waals surface area contributed by atoms with E-state index in [1.165, 1.54) is 0 Å². The van der Waals surface area contributed by atoms with E-state index >= 15 is 0 Å². The first-order valence-electron chi connectivity index (χ1n) is 8.13. The number of rotatable bonds is 5. The smallest absolute Gasteiger partial charge is 0.319 e. The second-order valence-corrected chi connectivity index (χ2v) is 6.11. The van der Waals surface area contributed by atoms with E-state index in [0.717, 1.165) is 25.7 Å². The summed E-state index contributed by atoms with van der Waals surface area (Å²) in [5, 5.41) is 8.56. The summed E-state index contributed by atoms with van der Waals surface area (Å²) in [6.07, 6.45) is 3.92. The Bertz CT molecular complexity index is 570. The lowest BCUT2D eigenvalue weighted by Gasteiger charge is -2.12. The third-order valence-electron chi connectivity index (χ3n) is 4.10. The van der Waals surface area contributed by atoms with E-state index in [4.69, 9.17) is 0 Å². The fourth-order valence-corrected chi connectivity index (χ4v) is 2.51. The Morgan fingerprint density at radius 3 is 2.48 bits per heavy atom. The molecule has 124 valence electrons. The number of amides is 3. The molecular weight excluding hydrogens is 294 g/mol. The van der Waals surface area contributed by atoms with Gasteiger partial charge in [0.25, 0.3) is 5.91 Å². The third kappa shape index (κ3) is 4.43. The molecule has 1 aromatic rings. The second kappa shape index (κ2) is 6.97. The molecular formula is C16H23N5O2. The number of carbonyl (C=O) groups excluding carboxylic acids is 2. The zero-order valence-corrected chi connectivity index (χ0v) is 13.2. The lowest BCUT2D eigenvalue weighted by molar-refractivity contribution is 0.0932. The van der Waals surface area contributed by atoms with Crippen LogP contribution in [0.15, 0.2) is 24.3 Å². The van der Waals surface area contributed by atoms with Crippen LogP contribution in [-0.2, 0) is 0 Å². The van der Waals surface area contributed by atoms with Gasteiger partial charge in [0, 0.05) is 23.3 Å². The number of hydrazine groups is 1. The molecule has 7 nitrogen and oxygen atoms in total. The average molecular weight is 317 g/mol. The quantitative estimate of drug-likeness (QED) is 0.566. The largest absolute Gasteiger partial charge is 0.335 e. The van der Waals surface area contributed by atoms with Crippen LogP contribution in [0.2, 0.25) is 0 Å². The highest BCUT2D eigenvalue weighted by Crippen LogP contribution is 2.19. The molecule has 1 aliphatic heterocycles. The molecule has 3 rings (SSSR count). The van der Waals surface area contributed by atoms with Crippen LogP contribution in [0, 0.1) is 0 Å². The number of nitrogens with one attached hydrogen (secondary N) is 5. The van der Waals surface area contributed by atoms with Gasteiger partial charge in [0.1, 0.15) is 0 Å². The van der Waals surface area contributed by atoms with Crippen LogP contribution in [0.25, 0.3) is 0 Å². The molecule has 0 bridgehead atoms. The first kappa shape index (κ1) is 15.8. The lowest BCUT2D eigenvalue weighted by atomic mass is 10.1. The maximum absolute atomic E-state index is 12.2. The van der Waals surface area contributed by atoms with Crippen LogP contribution in [-0.4, -0.2) is 30.2 Å². The highest BCUT2D eigenvalue weighted by molar-refractivity contribution is 5.95. The monoisotopic (exact) mass is 317 g/mol. The molecule has 1 saturated carbocycles. The van der Waals surface area contributed by atoms with Crippen molar-refractivity contribution in [3.8, 4) is 0 Å². The van der Waals surface area contributed by atoms with Gasteiger partial charge in [-0.15, -0.1) is 0 Å². The summed E-state index contributed by atoms with van der Waals surface area (Å²) in [5.41, 5.74) is 7.46. The maximum atomic E-state index is 12.2. The topological polar surface area (TPSA) is 94.3 Å². The van der Waals surface area contributed by atoms with Crippen molar-refractivity contribution < 1.29 is 9.59 Å². The fraction of sp³-hybridized carbons (Fsp3) is 0.500. The van der Waals surface area contributed by atoms with Crippen molar-refractivity contribution in [2.75, 3.05) is 5.32 Å². The number of hydrogen-bond donors (Lipinski definition) is 5. The van der Waals surface area contributed by atoms with Crippen molar-refractivity contribution in [3.63, 3.8) is 0 Å². The van der Waals surface area contributed by atoms with Crippen molar-refractivity contribution in [1.29, 1.82) is 0 Å². The summed E-state index contributed by atoms with van der Waals surface area (Å²) in [5.74, 6) is -0.130. The van der Waals surface area contributed by atoms with Gasteiger partial charge in [0.15, 0.2) is 0 Å². The van der Waals surface area contributed by atoms with Crippen LogP contribution >= 0.6 is 0 Å². The van der Waals surface area contributed by atoms with Gasteiger partial charge in [-0.05, 0) is 49.9 Å². The molecule has 0 spiro atoms. The molecule has 5 N–H and O–H groups in total. The summed E-state index contributed by atoms with van der Waals surface area (Å²) in [6.45, 7) is 2.11. The average Bonchev–Trinajstić information content (AvgIpc) is 3.23. The molecule has 1 saturated heterocycles. The highest BCUT2D eigenvalue weighted by Gasteiger charge is 2.24. The normalized spacial score (nSPS) is 23.3. The molecule has 2 unspecified atom stereocenters. The van der Waals surface area contributed by atoms with Gasteiger partial charge in [-0.3, -0.25) is 10.2 Å². The van der Waals surface area contributed by atoms with E-state index in [0.29, 0.717) is 23.3 Å². The van der Waals surface area contributed by atoms with E-state index < -0.39 is 0 Å². The number of urea groups is 1. The van der Waals surface area contributed by atoms with Crippen molar-refractivity contribution >= 4 is 17.6 Å². The van der Waals surface area contributed by atoms with E-state index in [1.54, 1.807) is 24.3 Å². The Morgan fingerprint density at radius 2 is 1.87 bits per heavy atom. The van der Waals surface area contributed by atoms with E-state index in [9.17, 15) is 9.59 Å². The molecule has 1 heterocycles. The fourth-order valence-electron chi connectivity index (χ4n) is 2.51. The third-order valence-corrected chi connectivity index (χ3v) is 4.10. The Morgan fingerprint density at radius 1 is 1.13 bits per heavy atom. The van der Waals surface area contributed by atoms with Gasteiger partial charge >= 0.3 is 6.03 Å². The number of hydrogen-bond acceptors (Lipinski definition) is 4. The zero-order valence-electron chi connectivity index (χ0n) is 13.2. The standard InChI is InChI=1S/C16H23N5O2/c1-2-11-9-14(21-20-11)19-15(22)10-3-5-12(6-4-10)17-16(23)18-13-7-8-13/h3-6,11,13-14,20-21H,2,7-9H2,1H3,(H,19,22)(H2,17,18,23). The predicted octanol–water partition coefficient (Wildman–Crippen LogP) is 1.30. The van der Waals surface area contributed by atoms with Gasteiger partial charge in [0.2, 0.25) is 0 Å². The first-order valence-corrected chi connectivity index (χ1v) is 8.13. The van der Waals surface area contributed by atoms with Crippen LogP contribution in [0.3, 0.4) is 0 Å². The second-order valence-electron chi connectivity index (χ2n) is 6.11. The molecule has 3 amide bonds. The van der Waals surface area contributed by atoms with Crippen molar-refractivity contribution in [3.05, 3.63) is 29.8 Å². The minimum Gasteiger partial charge on any atom is -0.335 e. The summed E-state index contributed by atoms with van der Waals surface area (Å²) in [7, 11) is 0. The summed E-state index contributed by atoms with van der Waals surface area (Å²) < 4.78 is 0.